The van der Waals surface area contributed by atoms with Crippen LogP contribution in [-0.4, -0.2) is 46.9 Å². The molecule has 0 aromatic heterocycles. The Morgan fingerprint density at radius 3 is 2.48 bits per heavy atom. The van der Waals surface area contributed by atoms with E-state index < -0.39 is 0 Å². The third-order valence-corrected chi connectivity index (χ3v) is 16.3. The average Bonchev–Trinajstić information content (AvgIpc) is 3.72. The first-order valence-electron chi connectivity index (χ1n) is 22.2. The van der Waals surface area contributed by atoms with Gasteiger partial charge in [0.2, 0.25) is 0 Å². The molecule has 274 valence electrons. The summed E-state index contributed by atoms with van der Waals surface area (Å²) in [5, 5.41) is 4.21. The van der Waals surface area contributed by atoms with Crippen molar-refractivity contribution in [1.82, 2.24) is 10.2 Å². The third kappa shape index (κ3) is 5.34. The first-order chi connectivity index (χ1) is 25.8. The number of fused-ring (bicyclic) bond motifs is 9. The minimum Gasteiger partial charge on any atom is -0.368 e. The lowest BCUT2D eigenvalue weighted by molar-refractivity contribution is 0.0923. The number of allylic oxidation sites excluding steroid dienone is 8. The number of nitrogens with one attached hydrogen (secondary N) is 1. The summed E-state index contributed by atoms with van der Waals surface area (Å²) in [6, 6.07) is 12.9. The molecule has 0 spiro atoms. The van der Waals surface area contributed by atoms with Gasteiger partial charge in [-0.3, -0.25) is 4.99 Å². The van der Waals surface area contributed by atoms with Gasteiger partial charge in [0.1, 0.15) is 0 Å². The van der Waals surface area contributed by atoms with Crippen molar-refractivity contribution in [2.24, 2.45) is 34.6 Å². The van der Waals surface area contributed by atoms with Gasteiger partial charge in [-0.25, -0.2) is 0 Å². The van der Waals surface area contributed by atoms with Crippen LogP contribution in [-0.2, 0) is 0 Å². The van der Waals surface area contributed by atoms with Crippen molar-refractivity contribution in [2.45, 2.75) is 164 Å². The standard InChI is InChI=1S/C48H62N4/c1-3-14-32(15-4-1)47-48(50-41-21-11-10-20-40(41)49-47)33-23-26-35(27-24-33)51-42-22-12-9-19-37(42)38-29-39-45(30-44(38)51)52(34-16-5-2-6-17-34)43-28-25-31-13-7-8-18-36(31)46(39)43/h7,9-10,12-13,16,19-20,22-23,26,31-32,36,38-41,43-46,48,50H,1-6,8,11,14-15,17-18,21,24-25,27-30H2. The second kappa shape index (κ2) is 13.5. The van der Waals surface area contributed by atoms with Gasteiger partial charge in [-0.05, 0) is 156 Å². The van der Waals surface area contributed by atoms with E-state index in [2.05, 4.69) is 81.9 Å². The van der Waals surface area contributed by atoms with Crippen molar-refractivity contribution in [2.75, 3.05) is 4.90 Å². The predicted molar refractivity (Wildman–Crippen MR) is 215 cm³/mol. The number of anilines is 1. The Morgan fingerprint density at radius 1 is 0.692 bits per heavy atom. The smallest absolute Gasteiger partial charge is 0.0833 e. The first kappa shape index (κ1) is 32.6. The van der Waals surface area contributed by atoms with Gasteiger partial charge < -0.3 is 15.1 Å². The molecule has 3 heterocycles. The number of rotatable bonds is 4. The molecule has 4 fully saturated rings. The van der Waals surface area contributed by atoms with Crippen molar-refractivity contribution in [3.05, 3.63) is 89.3 Å². The van der Waals surface area contributed by atoms with E-state index >= 15 is 0 Å². The molecule has 3 aliphatic heterocycles. The molecule has 1 saturated heterocycles. The van der Waals surface area contributed by atoms with Crippen molar-refractivity contribution in [3.63, 3.8) is 0 Å². The number of hydrogen-bond donors (Lipinski definition) is 1. The topological polar surface area (TPSA) is 30.9 Å². The maximum absolute atomic E-state index is 5.58. The molecule has 7 aliphatic carbocycles. The molecule has 11 atom stereocenters. The SMILES string of the molecule is C1=CC2N=C(C3CCCCC3)C(C3=CC=C(N4c5ccccc5C5CC6C7C8CCC=CC8CCC7N(C7=CCCCC7)C6CC54)CC3)NC2CC1. The van der Waals surface area contributed by atoms with Crippen LogP contribution in [0.4, 0.5) is 5.69 Å². The number of likely N-dealkylation sites (tertiary alicyclic amines) is 1. The zero-order valence-corrected chi connectivity index (χ0v) is 31.6. The summed E-state index contributed by atoms with van der Waals surface area (Å²) in [5.74, 6) is 4.76. The lowest BCUT2D eigenvalue weighted by Crippen LogP contribution is -2.56. The van der Waals surface area contributed by atoms with Crippen molar-refractivity contribution >= 4 is 11.4 Å². The minimum atomic E-state index is 0.334. The van der Waals surface area contributed by atoms with Gasteiger partial charge in [0.15, 0.2) is 0 Å². The molecule has 4 heteroatoms. The Morgan fingerprint density at radius 2 is 1.60 bits per heavy atom. The summed E-state index contributed by atoms with van der Waals surface area (Å²) in [4.78, 5) is 11.6. The maximum atomic E-state index is 5.58. The van der Waals surface area contributed by atoms with E-state index in [0.717, 1.165) is 42.6 Å². The summed E-state index contributed by atoms with van der Waals surface area (Å²) < 4.78 is 0. The van der Waals surface area contributed by atoms with Crippen LogP contribution in [0.15, 0.2) is 88.8 Å². The van der Waals surface area contributed by atoms with Gasteiger partial charge in [-0.1, -0.05) is 73.9 Å². The van der Waals surface area contributed by atoms with Crippen LogP contribution in [0.3, 0.4) is 0 Å². The van der Waals surface area contributed by atoms with E-state index in [9.17, 15) is 0 Å². The summed E-state index contributed by atoms with van der Waals surface area (Å²) in [5.41, 5.74) is 9.59. The number of benzene rings is 1. The fourth-order valence-corrected chi connectivity index (χ4v) is 14.1. The number of hydrogen-bond acceptors (Lipinski definition) is 4. The van der Waals surface area contributed by atoms with Gasteiger partial charge in [0.05, 0.1) is 12.1 Å². The highest BCUT2D eigenvalue weighted by molar-refractivity contribution is 5.95. The molecule has 0 bridgehead atoms. The normalized spacial score (nSPS) is 41.0. The Balaban J connectivity index is 0.927. The molecule has 0 radical (unpaired) electrons. The summed E-state index contributed by atoms with van der Waals surface area (Å²) in [7, 11) is 0. The highest BCUT2D eigenvalue weighted by atomic mass is 15.3. The predicted octanol–water partition coefficient (Wildman–Crippen LogP) is 10.6. The van der Waals surface area contributed by atoms with E-state index in [-0.39, 0.29) is 0 Å². The second-order valence-electron chi connectivity index (χ2n) is 18.7. The molecule has 11 unspecified atom stereocenters. The van der Waals surface area contributed by atoms with Crippen LogP contribution in [0.5, 0.6) is 0 Å². The zero-order chi connectivity index (χ0) is 34.2. The molecule has 1 aromatic rings. The lowest BCUT2D eigenvalue weighted by atomic mass is 9.60. The molecular weight excluding hydrogens is 633 g/mol. The highest BCUT2D eigenvalue weighted by Crippen LogP contribution is 2.61. The van der Waals surface area contributed by atoms with Gasteiger partial charge in [-0.15, -0.1) is 0 Å². The quantitative estimate of drug-likeness (QED) is 0.318. The summed E-state index contributed by atoms with van der Waals surface area (Å²) in [6.07, 6.45) is 42.9. The zero-order valence-electron chi connectivity index (χ0n) is 31.6. The number of para-hydroxylation sites is 1. The highest BCUT2D eigenvalue weighted by Gasteiger charge is 2.60. The van der Waals surface area contributed by atoms with Crippen molar-refractivity contribution in [3.8, 4) is 0 Å². The Labute approximate surface area is 313 Å². The van der Waals surface area contributed by atoms with Crippen LogP contribution in [0.1, 0.15) is 133 Å². The van der Waals surface area contributed by atoms with Crippen LogP contribution < -0.4 is 10.2 Å². The Bertz CT molecular complexity index is 1720. The number of aliphatic imine (C=N–C) groups is 1. The molecule has 1 aromatic carbocycles. The van der Waals surface area contributed by atoms with Crippen LogP contribution in [0, 0.1) is 29.6 Å². The first-order valence-corrected chi connectivity index (χ1v) is 22.2. The van der Waals surface area contributed by atoms with Gasteiger partial charge in [-0.2, -0.15) is 0 Å². The Kier molecular flexibility index (Phi) is 8.44. The van der Waals surface area contributed by atoms with Gasteiger partial charge >= 0.3 is 0 Å². The third-order valence-electron chi connectivity index (χ3n) is 16.3. The average molecular weight is 695 g/mol. The van der Waals surface area contributed by atoms with Crippen LogP contribution in [0.25, 0.3) is 0 Å². The lowest BCUT2D eigenvalue weighted by Gasteiger charge is -2.45. The minimum absolute atomic E-state index is 0.334. The molecule has 52 heavy (non-hydrogen) atoms. The van der Waals surface area contributed by atoms with E-state index in [1.807, 2.05) is 0 Å². The second-order valence-corrected chi connectivity index (χ2v) is 18.7. The fraction of sp³-hybridized carbons (Fsp3) is 0.646. The maximum Gasteiger partial charge on any atom is 0.0833 e. The van der Waals surface area contributed by atoms with E-state index in [1.165, 1.54) is 121 Å². The van der Waals surface area contributed by atoms with E-state index in [0.29, 0.717) is 42.0 Å². The van der Waals surface area contributed by atoms with Crippen molar-refractivity contribution < 1.29 is 0 Å². The number of nitrogens with zero attached hydrogens (tertiary/aromatic N) is 3. The molecule has 1 N–H and O–H groups in total. The summed E-state index contributed by atoms with van der Waals surface area (Å²) in [6.45, 7) is 0. The monoisotopic (exact) mass is 694 g/mol. The summed E-state index contributed by atoms with van der Waals surface area (Å²) >= 11 is 0. The van der Waals surface area contributed by atoms with Crippen molar-refractivity contribution in [1.29, 1.82) is 0 Å². The van der Waals surface area contributed by atoms with Gasteiger partial charge in [0.25, 0.3) is 0 Å². The molecule has 10 aliphatic rings. The molecule has 4 nitrogen and oxygen atoms in total. The molecule has 11 rings (SSSR count). The molecule has 3 saturated carbocycles. The van der Waals surface area contributed by atoms with Gasteiger partial charge in [0, 0.05) is 52.9 Å². The van der Waals surface area contributed by atoms with Crippen LogP contribution >= 0.6 is 0 Å². The molecular formula is C48H62N4. The molecule has 0 amide bonds. The van der Waals surface area contributed by atoms with E-state index in [4.69, 9.17) is 4.99 Å². The fourth-order valence-electron chi connectivity index (χ4n) is 14.1. The largest absolute Gasteiger partial charge is 0.368 e. The van der Waals surface area contributed by atoms with E-state index in [1.54, 1.807) is 22.5 Å². The van der Waals surface area contributed by atoms with Crippen LogP contribution in [0.2, 0.25) is 0 Å². The Hall–Kier alpha value is -2.85.